The van der Waals surface area contributed by atoms with Crippen LogP contribution in [-0.4, -0.2) is 16.1 Å². The Kier molecular flexibility index (Phi) is 1.82. The fraction of sp³-hybridized carbons (Fsp3) is 0. The minimum Gasteiger partial charge on any atom is -0.477 e. The Hall–Kier alpha value is -1.75. The fourth-order valence-electron chi connectivity index (χ4n) is 1.14. The number of carboxylic acids is 1. The van der Waals surface area contributed by atoms with Crippen LogP contribution in [0.5, 0.6) is 0 Å². The van der Waals surface area contributed by atoms with Crippen LogP contribution in [0.2, 0.25) is 5.22 Å². The van der Waals surface area contributed by atoms with Crippen LogP contribution in [0, 0.1) is 0 Å². The normalized spacial score (nSPS) is 10.6. The third-order valence-corrected chi connectivity index (χ3v) is 1.96. The number of carbonyl (C=O) groups is 1. The summed E-state index contributed by atoms with van der Waals surface area (Å²) in [5, 5.41) is 8.82. The maximum atomic E-state index is 11.5. The summed E-state index contributed by atoms with van der Waals surface area (Å²) in [6.07, 6.45) is 1.08. The summed E-state index contributed by atoms with van der Waals surface area (Å²) in [4.78, 5) is 24.6. The number of hydrogen-bond acceptors (Lipinski definition) is 3. The maximum absolute atomic E-state index is 11.5. The van der Waals surface area contributed by atoms with Crippen LogP contribution in [0.3, 0.4) is 0 Å². The molecule has 14 heavy (non-hydrogen) atoms. The lowest BCUT2D eigenvalue weighted by atomic mass is 10.2. The van der Waals surface area contributed by atoms with Crippen LogP contribution in [0.25, 0.3) is 11.1 Å². The molecule has 5 nitrogen and oxygen atoms in total. The lowest BCUT2D eigenvalue weighted by molar-refractivity contribution is 0.0695. The molecule has 6 heteroatoms. The summed E-state index contributed by atoms with van der Waals surface area (Å²) in [5.41, 5.74) is -0.776. The molecule has 2 N–H and O–H groups in total. The van der Waals surface area contributed by atoms with Crippen molar-refractivity contribution in [1.82, 2.24) is 4.98 Å². The van der Waals surface area contributed by atoms with Gasteiger partial charge in [0, 0.05) is 12.3 Å². The smallest absolute Gasteiger partial charge is 0.341 e. The van der Waals surface area contributed by atoms with Gasteiger partial charge in [-0.1, -0.05) is 0 Å². The number of carboxylic acid groups (broad SMARTS) is 1. The predicted molar refractivity (Wildman–Crippen MR) is 48.8 cm³/mol. The largest absolute Gasteiger partial charge is 0.477 e. The first kappa shape index (κ1) is 8.83. The second kappa shape index (κ2) is 2.88. The van der Waals surface area contributed by atoms with Crippen molar-refractivity contribution in [2.24, 2.45) is 0 Å². The standard InChI is InChI=1S/C8H4ClNO4/c9-5-1-3-6(11)4(8(12)13)2-10-7(3)14-5/h1-2H,(H,10,11)(H,12,13). The van der Waals surface area contributed by atoms with Crippen molar-refractivity contribution >= 4 is 28.7 Å². The van der Waals surface area contributed by atoms with Crippen molar-refractivity contribution in [2.75, 3.05) is 0 Å². The van der Waals surface area contributed by atoms with Crippen LogP contribution in [0.15, 0.2) is 21.5 Å². The first-order chi connectivity index (χ1) is 6.59. The van der Waals surface area contributed by atoms with Gasteiger partial charge in [0.15, 0.2) is 5.22 Å². The molecule has 0 aliphatic rings. The van der Waals surface area contributed by atoms with Gasteiger partial charge < -0.3 is 14.5 Å². The molecule has 2 aromatic rings. The molecule has 0 saturated carbocycles. The van der Waals surface area contributed by atoms with E-state index < -0.39 is 11.4 Å². The Balaban J connectivity index is 2.88. The van der Waals surface area contributed by atoms with Crippen molar-refractivity contribution in [3.8, 4) is 0 Å². The zero-order valence-corrected chi connectivity index (χ0v) is 7.46. The number of nitrogens with one attached hydrogen (secondary N) is 1. The first-order valence-electron chi connectivity index (χ1n) is 3.63. The van der Waals surface area contributed by atoms with Gasteiger partial charge in [-0.25, -0.2) is 4.79 Å². The molecule has 2 heterocycles. The Labute approximate surface area is 81.9 Å². The van der Waals surface area contributed by atoms with Gasteiger partial charge in [-0.05, 0) is 11.6 Å². The summed E-state index contributed by atoms with van der Waals surface area (Å²) < 4.78 is 4.90. The highest BCUT2D eigenvalue weighted by molar-refractivity contribution is 6.29. The predicted octanol–water partition coefficient (Wildman–Crippen LogP) is 1.47. The molecule has 0 aliphatic heterocycles. The highest BCUT2D eigenvalue weighted by Crippen LogP contribution is 2.18. The van der Waals surface area contributed by atoms with Gasteiger partial charge in [0.2, 0.25) is 11.1 Å². The number of aromatic amines is 1. The van der Waals surface area contributed by atoms with Crippen molar-refractivity contribution < 1.29 is 14.3 Å². The second-order valence-corrected chi connectivity index (χ2v) is 3.00. The number of halogens is 1. The lowest BCUT2D eigenvalue weighted by Gasteiger charge is -1.92. The van der Waals surface area contributed by atoms with E-state index in [-0.39, 0.29) is 21.9 Å². The number of aromatic carboxylic acids is 1. The highest BCUT2D eigenvalue weighted by Gasteiger charge is 2.13. The van der Waals surface area contributed by atoms with Gasteiger partial charge in [-0.2, -0.15) is 0 Å². The average Bonchev–Trinajstić information content (AvgIpc) is 2.46. The van der Waals surface area contributed by atoms with Gasteiger partial charge in [-0.3, -0.25) is 4.79 Å². The molecule has 0 amide bonds. The van der Waals surface area contributed by atoms with E-state index in [1.165, 1.54) is 6.07 Å². The average molecular weight is 214 g/mol. The summed E-state index contributed by atoms with van der Waals surface area (Å²) in [6.45, 7) is 0. The molecular formula is C8H4ClNO4. The van der Waals surface area contributed by atoms with Crippen LogP contribution in [0.1, 0.15) is 10.4 Å². The molecule has 0 spiro atoms. The molecule has 0 saturated heterocycles. The summed E-state index contributed by atoms with van der Waals surface area (Å²) in [7, 11) is 0. The molecule has 0 bridgehead atoms. The lowest BCUT2D eigenvalue weighted by Crippen LogP contribution is -2.14. The number of rotatable bonds is 1. The number of H-pyrrole nitrogens is 1. The Morgan fingerprint density at radius 1 is 1.57 bits per heavy atom. The molecule has 0 aliphatic carbocycles. The zero-order chi connectivity index (χ0) is 10.3. The summed E-state index contributed by atoms with van der Waals surface area (Å²) in [5.74, 6) is -1.29. The molecule has 2 aromatic heterocycles. The zero-order valence-electron chi connectivity index (χ0n) is 6.70. The van der Waals surface area contributed by atoms with Crippen molar-refractivity contribution in [2.45, 2.75) is 0 Å². The molecule has 0 fully saturated rings. The minimum atomic E-state index is -1.29. The van der Waals surface area contributed by atoms with E-state index in [4.69, 9.17) is 21.1 Å². The van der Waals surface area contributed by atoms with Crippen molar-refractivity contribution in [3.63, 3.8) is 0 Å². The van der Waals surface area contributed by atoms with Crippen LogP contribution < -0.4 is 5.43 Å². The quantitative estimate of drug-likeness (QED) is 0.752. The van der Waals surface area contributed by atoms with E-state index in [0.29, 0.717) is 0 Å². The fourth-order valence-corrected chi connectivity index (χ4v) is 1.33. The van der Waals surface area contributed by atoms with E-state index >= 15 is 0 Å². The SMILES string of the molecule is O=C(O)c1c[nH]c2oc(Cl)cc2c1=O. The molecular weight excluding hydrogens is 210 g/mol. The van der Waals surface area contributed by atoms with Crippen LogP contribution in [-0.2, 0) is 0 Å². The Morgan fingerprint density at radius 2 is 2.29 bits per heavy atom. The topological polar surface area (TPSA) is 83.3 Å². The van der Waals surface area contributed by atoms with Crippen molar-refractivity contribution in [1.29, 1.82) is 0 Å². The monoisotopic (exact) mass is 213 g/mol. The number of hydrogen-bond donors (Lipinski definition) is 2. The van der Waals surface area contributed by atoms with E-state index in [0.717, 1.165) is 6.20 Å². The molecule has 72 valence electrons. The number of furan rings is 1. The number of pyridine rings is 1. The summed E-state index contributed by atoms with van der Waals surface area (Å²) >= 11 is 5.51. The molecule has 0 aromatic carbocycles. The van der Waals surface area contributed by atoms with E-state index in [2.05, 4.69) is 4.98 Å². The van der Waals surface area contributed by atoms with Gasteiger partial charge in [-0.15, -0.1) is 0 Å². The van der Waals surface area contributed by atoms with Gasteiger partial charge in [0.1, 0.15) is 5.56 Å². The third-order valence-electron chi connectivity index (χ3n) is 1.77. The first-order valence-corrected chi connectivity index (χ1v) is 4.01. The van der Waals surface area contributed by atoms with Crippen molar-refractivity contribution in [3.05, 3.63) is 33.3 Å². The van der Waals surface area contributed by atoms with E-state index in [1.54, 1.807) is 0 Å². The van der Waals surface area contributed by atoms with E-state index in [1.807, 2.05) is 0 Å². The number of aromatic nitrogens is 1. The number of fused-ring (bicyclic) bond motifs is 1. The molecule has 0 radical (unpaired) electrons. The third kappa shape index (κ3) is 1.18. The van der Waals surface area contributed by atoms with E-state index in [9.17, 15) is 9.59 Å². The second-order valence-electron chi connectivity index (χ2n) is 2.63. The summed E-state index contributed by atoms with van der Waals surface area (Å²) in [6, 6.07) is 1.28. The van der Waals surface area contributed by atoms with Gasteiger partial charge in [0.05, 0.1) is 5.39 Å². The van der Waals surface area contributed by atoms with Crippen LogP contribution in [0.4, 0.5) is 0 Å². The van der Waals surface area contributed by atoms with Crippen LogP contribution >= 0.6 is 11.6 Å². The Bertz CT molecular complexity index is 568. The van der Waals surface area contributed by atoms with Gasteiger partial charge >= 0.3 is 5.97 Å². The molecule has 0 unspecified atom stereocenters. The highest BCUT2D eigenvalue weighted by atomic mass is 35.5. The molecule has 2 rings (SSSR count). The Morgan fingerprint density at radius 3 is 2.93 bits per heavy atom. The van der Waals surface area contributed by atoms with Gasteiger partial charge in [0.25, 0.3) is 0 Å². The molecule has 0 atom stereocenters. The minimum absolute atomic E-state index is 0.0379. The maximum Gasteiger partial charge on any atom is 0.341 e.